The van der Waals surface area contributed by atoms with Crippen molar-refractivity contribution in [3.63, 3.8) is 0 Å². The van der Waals surface area contributed by atoms with Crippen LogP contribution in [0.25, 0.3) is 0 Å². The van der Waals surface area contributed by atoms with Crippen LogP contribution >= 0.6 is 15.9 Å². The van der Waals surface area contributed by atoms with Gasteiger partial charge in [0.05, 0.1) is 0 Å². The van der Waals surface area contributed by atoms with Gasteiger partial charge in [-0.05, 0) is 48.8 Å². The van der Waals surface area contributed by atoms with Crippen LogP contribution in [-0.2, 0) is 6.42 Å². The van der Waals surface area contributed by atoms with Crippen LogP contribution in [0.2, 0.25) is 0 Å². The summed E-state index contributed by atoms with van der Waals surface area (Å²) in [7, 11) is 0. The van der Waals surface area contributed by atoms with E-state index < -0.39 is 0 Å². The van der Waals surface area contributed by atoms with Gasteiger partial charge in [-0.25, -0.2) is 0 Å². The molecule has 3 rings (SSSR count). The molecular formula is C15H20BrNO. The summed E-state index contributed by atoms with van der Waals surface area (Å²) < 4.78 is 1.24. The summed E-state index contributed by atoms with van der Waals surface area (Å²) in [5.41, 5.74) is 2.92. The van der Waals surface area contributed by atoms with E-state index in [2.05, 4.69) is 39.4 Å². The molecule has 0 aliphatic heterocycles. The molecule has 0 amide bonds. The highest BCUT2D eigenvalue weighted by Gasteiger charge is 2.31. The number of aliphatic hydroxyl groups excluding tert-OH is 1. The highest BCUT2D eigenvalue weighted by molar-refractivity contribution is 9.10. The van der Waals surface area contributed by atoms with Crippen LogP contribution in [0.1, 0.15) is 42.9 Å². The Morgan fingerprint density at radius 2 is 2.17 bits per heavy atom. The van der Waals surface area contributed by atoms with Crippen molar-refractivity contribution >= 4 is 15.9 Å². The second-order valence-corrected chi connectivity index (χ2v) is 6.40. The molecule has 3 atom stereocenters. The van der Waals surface area contributed by atoms with Crippen LogP contribution in [0.3, 0.4) is 0 Å². The zero-order valence-corrected chi connectivity index (χ0v) is 12.1. The maximum Gasteiger partial charge on any atom is 0.0474 e. The van der Waals surface area contributed by atoms with Gasteiger partial charge in [-0.2, -0.15) is 0 Å². The number of benzene rings is 1. The summed E-state index contributed by atoms with van der Waals surface area (Å²) in [5.74, 6) is 0.459. The van der Waals surface area contributed by atoms with Crippen LogP contribution in [-0.4, -0.2) is 17.8 Å². The number of halogens is 1. The van der Waals surface area contributed by atoms with Gasteiger partial charge >= 0.3 is 0 Å². The molecule has 0 spiro atoms. The zero-order valence-electron chi connectivity index (χ0n) is 10.5. The van der Waals surface area contributed by atoms with E-state index in [-0.39, 0.29) is 0 Å². The Hall–Kier alpha value is -0.380. The first-order valence-electron chi connectivity index (χ1n) is 6.94. The third-order valence-corrected chi connectivity index (χ3v) is 5.27. The van der Waals surface area contributed by atoms with E-state index in [4.69, 9.17) is 0 Å². The Balaban J connectivity index is 1.75. The van der Waals surface area contributed by atoms with E-state index in [0.29, 0.717) is 24.6 Å². The first-order valence-corrected chi connectivity index (χ1v) is 7.73. The molecule has 1 fully saturated rings. The van der Waals surface area contributed by atoms with Gasteiger partial charge in [0.2, 0.25) is 0 Å². The lowest BCUT2D eigenvalue weighted by Gasteiger charge is -2.24. The lowest BCUT2D eigenvalue weighted by atomic mass is 10.0. The minimum absolute atomic E-state index is 0.329. The minimum Gasteiger partial charge on any atom is -0.396 e. The predicted molar refractivity (Wildman–Crippen MR) is 76.6 cm³/mol. The SMILES string of the molecule is OC[C@@H]1CCC[C@@H]1N[C@@H]1CCc2c(Br)cccc21. The van der Waals surface area contributed by atoms with E-state index in [1.165, 1.54) is 41.3 Å². The molecule has 0 bridgehead atoms. The minimum atomic E-state index is 0.329. The second kappa shape index (κ2) is 5.32. The predicted octanol–water partition coefficient (Wildman–Crippen LogP) is 3.19. The molecule has 0 unspecified atom stereocenters. The van der Waals surface area contributed by atoms with E-state index in [0.717, 1.165) is 6.42 Å². The first-order chi connectivity index (χ1) is 8.79. The van der Waals surface area contributed by atoms with Gasteiger partial charge in [-0.3, -0.25) is 0 Å². The number of hydrogen-bond donors (Lipinski definition) is 2. The van der Waals surface area contributed by atoms with Gasteiger partial charge in [0.25, 0.3) is 0 Å². The molecule has 2 nitrogen and oxygen atoms in total. The van der Waals surface area contributed by atoms with Crippen LogP contribution in [0.15, 0.2) is 22.7 Å². The van der Waals surface area contributed by atoms with Crippen LogP contribution in [0, 0.1) is 5.92 Å². The standard InChI is InChI=1S/C15H20BrNO/c16-13-5-2-4-12-11(13)7-8-15(12)17-14-6-1-3-10(14)9-18/h2,4-5,10,14-15,17-18H,1,3,6-9H2/t10-,14-,15+/m0/s1. The summed E-state index contributed by atoms with van der Waals surface area (Å²) >= 11 is 3.65. The van der Waals surface area contributed by atoms with E-state index in [1.807, 2.05) is 0 Å². The molecule has 1 aromatic rings. The van der Waals surface area contributed by atoms with E-state index >= 15 is 0 Å². The average Bonchev–Trinajstić information content (AvgIpc) is 2.98. The summed E-state index contributed by atoms with van der Waals surface area (Å²) in [6.07, 6.45) is 5.98. The number of nitrogens with one attached hydrogen (secondary N) is 1. The topological polar surface area (TPSA) is 32.3 Å². The van der Waals surface area contributed by atoms with Gasteiger partial charge in [-0.15, -0.1) is 0 Å². The third kappa shape index (κ3) is 2.24. The average molecular weight is 310 g/mol. The monoisotopic (exact) mass is 309 g/mol. The molecule has 2 aliphatic rings. The molecule has 0 radical (unpaired) electrons. The summed E-state index contributed by atoms with van der Waals surface area (Å²) in [6, 6.07) is 7.49. The Morgan fingerprint density at radius 1 is 1.28 bits per heavy atom. The fourth-order valence-electron chi connectivity index (χ4n) is 3.52. The van der Waals surface area contributed by atoms with Gasteiger partial charge in [0, 0.05) is 23.2 Å². The van der Waals surface area contributed by atoms with Crippen molar-refractivity contribution in [1.82, 2.24) is 5.32 Å². The Kier molecular flexibility index (Phi) is 3.73. The lowest BCUT2D eigenvalue weighted by molar-refractivity contribution is 0.199. The zero-order chi connectivity index (χ0) is 12.5. The smallest absolute Gasteiger partial charge is 0.0474 e. The number of aliphatic hydroxyl groups is 1. The molecule has 18 heavy (non-hydrogen) atoms. The van der Waals surface area contributed by atoms with Crippen LogP contribution in [0.5, 0.6) is 0 Å². The van der Waals surface area contributed by atoms with Crippen molar-refractivity contribution in [3.05, 3.63) is 33.8 Å². The van der Waals surface area contributed by atoms with Crippen LogP contribution < -0.4 is 5.32 Å². The van der Waals surface area contributed by atoms with Crippen molar-refractivity contribution in [2.24, 2.45) is 5.92 Å². The molecule has 0 aromatic heterocycles. The van der Waals surface area contributed by atoms with E-state index in [9.17, 15) is 5.11 Å². The van der Waals surface area contributed by atoms with E-state index in [1.54, 1.807) is 0 Å². The third-order valence-electron chi connectivity index (χ3n) is 4.52. The summed E-state index contributed by atoms with van der Waals surface area (Å²) in [6.45, 7) is 0.329. The highest BCUT2D eigenvalue weighted by Crippen LogP contribution is 2.37. The fourth-order valence-corrected chi connectivity index (χ4v) is 4.10. The molecular weight excluding hydrogens is 290 g/mol. The van der Waals surface area contributed by atoms with Crippen molar-refractivity contribution in [2.45, 2.75) is 44.2 Å². The lowest BCUT2D eigenvalue weighted by Crippen LogP contribution is -2.36. The number of fused-ring (bicyclic) bond motifs is 1. The first kappa shape index (κ1) is 12.6. The Morgan fingerprint density at radius 3 is 3.00 bits per heavy atom. The van der Waals surface area contributed by atoms with Crippen molar-refractivity contribution in [2.75, 3.05) is 6.61 Å². The van der Waals surface area contributed by atoms with Gasteiger partial charge in [-0.1, -0.05) is 34.5 Å². The maximum absolute atomic E-state index is 9.40. The fraction of sp³-hybridized carbons (Fsp3) is 0.600. The second-order valence-electron chi connectivity index (χ2n) is 5.55. The number of rotatable bonds is 3. The normalized spacial score (nSPS) is 30.7. The Bertz CT molecular complexity index is 435. The summed E-state index contributed by atoms with van der Waals surface area (Å²) in [4.78, 5) is 0. The Labute approximate surface area is 117 Å². The largest absolute Gasteiger partial charge is 0.396 e. The molecule has 98 valence electrons. The van der Waals surface area contributed by atoms with Gasteiger partial charge in [0.1, 0.15) is 0 Å². The quantitative estimate of drug-likeness (QED) is 0.899. The van der Waals surface area contributed by atoms with Gasteiger partial charge in [0.15, 0.2) is 0 Å². The molecule has 2 N–H and O–H groups in total. The van der Waals surface area contributed by atoms with Crippen LogP contribution in [0.4, 0.5) is 0 Å². The highest BCUT2D eigenvalue weighted by atomic mass is 79.9. The number of hydrogen-bond acceptors (Lipinski definition) is 2. The molecule has 3 heteroatoms. The maximum atomic E-state index is 9.40. The van der Waals surface area contributed by atoms with Crippen molar-refractivity contribution in [3.8, 4) is 0 Å². The molecule has 0 heterocycles. The van der Waals surface area contributed by atoms with Crippen molar-refractivity contribution < 1.29 is 5.11 Å². The molecule has 0 saturated heterocycles. The van der Waals surface area contributed by atoms with Crippen molar-refractivity contribution in [1.29, 1.82) is 0 Å². The summed E-state index contributed by atoms with van der Waals surface area (Å²) in [5, 5.41) is 13.2. The molecule has 1 aromatic carbocycles. The van der Waals surface area contributed by atoms with Gasteiger partial charge < -0.3 is 10.4 Å². The molecule has 2 aliphatic carbocycles. The molecule has 1 saturated carbocycles.